The summed E-state index contributed by atoms with van der Waals surface area (Å²) in [5.41, 5.74) is 5.34. The third-order valence-corrected chi connectivity index (χ3v) is 3.92. The number of hydrogen-bond donors (Lipinski definition) is 2. The zero-order chi connectivity index (χ0) is 11.4. The van der Waals surface area contributed by atoms with Gasteiger partial charge in [0, 0.05) is 6.04 Å². The summed E-state index contributed by atoms with van der Waals surface area (Å²) in [5.74, 6) is 1.26. The van der Waals surface area contributed by atoms with Crippen molar-refractivity contribution in [3.8, 4) is 0 Å². The van der Waals surface area contributed by atoms with Crippen LogP contribution in [0.25, 0.3) is 0 Å². The van der Waals surface area contributed by atoms with Crippen LogP contribution in [-0.2, 0) is 4.79 Å². The highest BCUT2D eigenvalue weighted by Gasteiger charge is 2.33. The SMILES string of the molecule is CCC(NC1CCC(CC)C1C)C(N)=O. The summed E-state index contributed by atoms with van der Waals surface area (Å²) in [6.07, 6.45) is 4.50. The Morgan fingerprint density at radius 1 is 1.47 bits per heavy atom. The van der Waals surface area contributed by atoms with Crippen molar-refractivity contribution in [1.29, 1.82) is 0 Å². The predicted molar refractivity (Wildman–Crippen MR) is 62.4 cm³/mol. The van der Waals surface area contributed by atoms with Gasteiger partial charge in [-0.1, -0.05) is 27.2 Å². The van der Waals surface area contributed by atoms with Gasteiger partial charge in [0.1, 0.15) is 0 Å². The highest BCUT2D eigenvalue weighted by atomic mass is 16.1. The molecule has 3 N–H and O–H groups in total. The van der Waals surface area contributed by atoms with Crippen molar-refractivity contribution in [2.75, 3.05) is 0 Å². The van der Waals surface area contributed by atoms with E-state index in [2.05, 4.69) is 19.2 Å². The van der Waals surface area contributed by atoms with Crippen LogP contribution in [0.15, 0.2) is 0 Å². The fourth-order valence-electron chi connectivity index (χ4n) is 2.72. The Balaban J connectivity index is 2.48. The first-order valence-corrected chi connectivity index (χ1v) is 6.15. The summed E-state index contributed by atoms with van der Waals surface area (Å²) >= 11 is 0. The summed E-state index contributed by atoms with van der Waals surface area (Å²) in [4.78, 5) is 11.1. The number of nitrogens with two attached hydrogens (primary N) is 1. The van der Waals surface area contributed by atoms with Crippen molar-refractivity contribution in [2.45, 2.75) is 58.5 Å². The molecule has 0 radical (unpaired) electrons. The van der Waals surface area contributed by atoms with Crippen LogP contribution < -0.4 is 11.1 Å². The Bertz CT molecular complexity index is 218. The molecule has 0 heterocycles. The van der Waals surface area contributed by atoms with E-state index in [9.17, 15) is 4.79 Å². The predicted octanol–water partition coefficient (Wildman–Crippen LogP) is 1.66. The lowest BCUT2D eigenvalue weighted by Gasteiger charge is -2.24. The summed E-state index contributed by atoms with van der Waals surface area (Å²) in [6.45, 7) is 6.53. The molecular weight excluding hydrogens is 188 g/mol. The van der Waals surface area contributed by atoms with Gasteiger partial charge in [-0.05, 0) is 31.1 Å². The largest absolute Gasteiger partial charge is 0.368 e. The highest BCUT2D eigenvalue weighted by molar-refractivity contribution is 5.79. The zero-order valence-electron chi connectivity index (χ0n) is 10.1. The van der Waals surface area contributed by atoms with E-state index in [-0.39, 0.29) is 11.9 Å². The van der Waals surface area contributed by atoms with Crippen molar-refractivity contribution in [3.05, 3.63) is 0 Å². The lowest BCUT2D eigenvalue weighted by Crippen LogP contribution is -2.47. The van der Waals surface area contributed by atoms with Crippen LogP contribution in [-0.4, -0.2) is 18.0 Å². The molecule has 0 aliphatic heterocycles. The van der Waals surface area contributed by atoms with Crippen molar-refractivity contribution < 1.29 is 4.79 Å². The molecule has 1 aliphatic rings. The second kappa shape index (κ2) is 5.50. The summed E-state index contributed by atoms with van der Waals surface area (Å²) in [6, 6.07) is 0.334. The second-order valence-corrected chi connectivity index (χ2v) is 4.74. The standard InChI is InChI=1S/C12H24N2O/c1-4-9-6-7-11(8(9)3)14-10(5-2)12(13)15/h8-11,14H,4-7H2,1-3H3,(H2,13,15). The average Bonchev–Trinajstić information content (AvgIpc) is 2.55. The van der Waals surface area contributed by atoms with E-state index < -0.39 is 0 Å². The first-order chi connectivity index (χ1) is 7.10. The fourth-order valence-corrected chi connectivity index (χ4v) is 2.72. The molecule has 88 valence electrons. The molecule has 0 aromatic heterocycles. The van der Waals surface area contributed by atoms with E-state index in [4.69, 9.17) is 5.73 Å². The molecular formula is C12H24N2O. The molecule has 0 saturated heterocycles. The van der Waals surface area contributed by atoms with Crippen LogP contribution in [0.1, 0.15) is 46.5 Å². The quantitative estimate of drug-likeness (QED) is 0.728. The van der Waals surface area contributed by atoms with Gasteiger partial charge in [-0.25, -0.2) is 0 Å². The summed E-state index contributed by atoms with van der Waals surface area (Å²) in [5, 5.41) is 3.40. The van der Waals surface area contributed by atoms with Gasteiger partial charge in [-0.2, -0.15) is 0 Å². The molecule has 3 heteroatoms. The van der Waals surface area contributed by atoms with Crippen molar-refractivity contribution in [3.63, 3.8) is 0 Å². The number of carbonyl (C=O) groups is 1. The Labute approximate surface area is 92.8 Å². The van der Waals surface area contributed by atoms with Crippen LogP contribution in [0.3, 0.4) is 0 Å². The van der Waals surface area contributed by atoms with E-state index in [0.29, 0.717) is 12.0 Å². The molecule has 0 spiro atoms. The lowest BCUT2D eigenvalue weighted by atomic mass is 9.93. The van der Waals surface area contributed by atoms with Crippen molar-refractivity contribution >= 4 is 5.91 Å². The molecule has 1 saturated carbocycles. The van der Waals surface area contributed by atoms with Crippen LogP contribution in [0.2, 0.25) is 0 Å². The number of carbonyl (C=O) groups excluding carboxylic acids is 1. The number of amides is 1. The van der Waals surface area contributed by atoms with Crippen LogP contribution in [0, 0.1) is 11.8 Å². The average molecular weight is 212 g/mol. The van der Waals surface area contributed by atoms with E-state index in [1.807, 2.05) is 6.92 Å². The Morgan fingerprint density at radius 2 is 2.13 bits per heavy atom. The fraction of sp³-hybridized carbons (Fsp3) is 0.917. The minimum Gasteiger partial charge on any atom is -0.368 e. The normalized spacial score (nSPS) is 32.9. The highest BCUT2D eigenvalue weighted by Crippen LogP contribution is 2.34. The van der Waals surface area contributed by atoms with E-state index in [0.717, 1.165) is 12.3 Å². The molecule has 1 rings (SSSR count). The molecule has 4 unspecified atom stereocenters. The monoisotopic (exact) mass is 212 g/mol. The maximum atomic E-state index is 11.1. The minimum atomic E-state index is -0.218. The molecule has 0 bridgehead atoms. The van der Waals surface area contributed by atoms with Gasteiger partial charge in [-0.15, -0.1) is 0 Å². The Hall–Kier alpha value is -0.570. The van der Waals surface area contributed by atoms with Gasteiger partial charge in [0.05, 0.1) is 6.04 Å². The van der Waals surface area contributed by atoms with Crippen LogP contribution in [0.4, 0.5) is 0 Å². The third kappa shape index (κ3) is 2.94. The van der Waals surface area contributed by atoms with Gasteiger partial charge in [0.15, 0.2) is 0 Å². The molecule has 0 aromatic rings. The molecule has 0 aromatic carbocycles. The van der Waals surface area contributed by atoms with Crippen LogP contribution >= 0.6 is 0 Å². The van der Waals surface area contributed by atoms with Gasteiger partial charge in [0.25, 0.3) is 0 Å². The van der Waals surface area contributed by atoms with Gasteiger partial charge in [0.2, 0.25) is 5.91 Å². The van der Waals surface area contributed by atoms with Crippen LogP contribution in [0.5, 0.6) is 0 Å². The van der Waals surface area contributed by atoms with E-state index >= 15 is 0 Å². The topological polar surface area (TPSA) is 55.1 Å². The number of nitrogens with one attached hydrogen (secondary N) is 1. The second-order valence-electron chi connectivity index (χ2n) is 4.74. The first-order valence-electron chi connectivity index (χ1n) is 6.15. The van der Waals surface area contributed by atoms with E-state index in [1.165, 1.54) is 19.3 Å². The lowest BCUT2D eigenvalue weighted by molar-refractivity contribution is -0.120. The maximum Gasteiger partial charge on any atom is 0.234 e. The Kier molecular flexibility index (Phi) is 4.58. The molecule has 1 fully saturated rings. The molecule has 1 aliphatic carbocycles. The Morgan fingerprint density at radius 3 is 2.53 bits per heavy atom. The third-order valence-electron chi connectivity index (χ3n) is 3.92. The van der Waals surface area contributed by atoms with Crippen molar-refractivity contribution in [2.24, 2.45) is 17.6 Å². The van der Waals surface area contributed by atoms with Gasteiger partial charge < -0.3 is 11.1 Å². The first kappa shape index (κ1) is 12.5. The van der Waals surface area contributed by atoms with E-state index in [1.54, 1.807) is 0 Å². The number of rotatable bonds is 5. The minimum absolute atomic E-state index is 0.145. The smallest absolute Gasteiger partial charge is 0.234 e. The zero-order valence-corrected chi connectivity index (χ0v) is 10.1. The number of primary amides is 1. The molecule has 3 nitrogen and oxygen atoms in total. The van der Waals surface area contributed by atoms with Crippen molar-refractivity contribution in [1.82, 2.24) is 5.32 Å². The van der Waals surface area contributed by atoms with Gasteiger partial charge in [-0.3, -0.25) is 4.79 Å². The number of hydrogen-bond acceptors (Lipinski definition) is 2. The summed E-state index contributed by atoms with van der Waals surface area (Å²) < 4.78 is 0. The summed E-state index contributed by atoms with van der Waals surface area (Å²) in [7, 11) is 0. The molecule has 1 amide bonds. The maximum absolute atomic E-state index is 11.1. The molecule has 4 atom stereocenters. The molecule has 15 heavy (non-hydrogen) atoms. The van der Waals surface area contributed by atoms with Gasteiger partial charge >= 0.3 is 0 Å².